The minimum absolute atomic E-state index is 0.209. The lowest BCUT2D eigenvalue weighted by Gasteiger charge is -2.10. The van der Waals surface area contributed by atoms with Crippen molar-refractivity contribution in [2.45, 2.75) is 26.1 Å². The third-order valence-electron chi connectivity index (χ3n) is 4.10. The summed E-state index contributed by atoms with van der Waals surface area (Å²) in [4.78, 5) is 11.1. The molecule has 0 aliphatic rings. The van der Waals surface area contributed by atoms with Crippen molar-refractivity contribution >= 4 is 28.5 Å². The molecule has 0 aliphatic carbocycles. The summed E-state index contributed by atoms with van der Waals surface area (Å²) in [5.41, 5.74) is 1.37. The molecule has 0 aliphatic heterocycles. The van der Waals surface area contributed by atoms with E-state index in [0.29, 0.717) is 10.4 Å². The fraction of sp³-hybridized carbons (Fsp3) is 0.222. The Balaban J connectivity index is 2.14. The van der Waals surface area contributed by atoms with Gasteiger partial charge in [-0.05, 0) is 42.3 Å². The van der Waals surface area contributed by atoms with Gasteiger partial charge in [0.2, 0.25) is 0 Å². The smallest absolute Gasteiger partial charge is 0.416 e. The monoisotopic (exact) mass is 382 g/mol. The van der Waals surface area contributed by atoms with E-state index in [0.717, 1.165) is 23.3 Å². The van der Waals surface area contributed by atoms with Crippen molar-refractivity contribution in [1.82, 2.24) is 9.78 Å². The standard InChI is InChI=1S/C18H14ClF3N2O2/c1-10-6-13(19)4-2-11(10)9-24-16-7-12(18(20,21)22)3-5-14(16)15(23-24)8-17(25)26/h2-7H,8-9H2,1H3,(H,25,26). The Hall–Kier alpha value is -2.54. The largest absolute Gasteiger partial charge is 0.481 e. The first-order valence-electron chi connectivity index (χ1n) is 7.68. The Morgan fingerprint density at radius 3 is 2.58 bits per heavy atom. The van der Waals surface area contributed by atoms with E-state index in [2.05, 4.69) is 5.10 Å². The third kappa shape index (κ3) is 3.67. The average molecular weight is 383 g/mol. The highest BCUT2D eigenvalue weighted by Gasteiger charge is 2.31. The van der Waals surface area contributed by atoms with Crippen molar-refractivity contribution in [3.8, 4) is 0 Å². The number of hydrogen-bond acceptors (Lipinski definition) is 2. The van der Waals surface area contributed by atoms with Crippen LogP contribution in [-0.4, -0.2) is 20.9 Å². The summed E-state index contributed by atoms with van der Waals surface area (Å²) in [6.45, 7) is 2.05. The second kappa shape index (κ2) is 6.64. The van der Waals surface area contributed by atoms with E-state index in [-0.39, 0.29) is 24.2 Å². The van der Waals surface area contributed by atoms with Gasteiger partial charge < -0.3 is 5.11 Å². The molecule has 1 aromatic heterocycles. The van der Waals surface area contributed by atoms with Crippen LogP contribution in [0.4, 0.5) is 13.2 Å². The lowest BCUT2D eigenvalue weighted by Crippen LogP contribution is -2.07. The Morgan fingerprint density at radius 1 is 1.23 bits per heavy atom. The molecule has 0 bridgehead atoms. The topological polar surface area (TPSA) is 55.1 Å². The molecule has 0 radical (unpaired) electrons. The maximum Gasteiger partial charge on any atom is 0.416 e. The SMILES string of the molecule is Cc1cc(Cl)ccc1Cn1nc(CC(=O)O)c2ccc(C(F)(F)F)cc21. The molecule has 1 heterocycles. The molecule has 136 valence electrons. The van der Waals surface area contributed by atoms with Crippen molar-refractivity contribution < 1.29 is 23.1 Å². The fourth-order valence-electron chi connectivity index (χ4n) is 2.81. The quantitative estimate of drug-likeness (QED) is 0.712. The number of hydrogen-bond donors (Lipinski definition) is 1. The Kier molecular flexibility index (Phi) is 4.66. The highest BCUT2D eigenvalue weighted by molar-refractivity contribution is 6.30. The fourth-order valence-corrected chi connectivity index (χ4v) is 3.04. The first-order chi connectivity index (χ1) is 12.1. The van der Waals surface area contributed by atoms with Gasteiger partial charge in [0.15, 0.2) is 0 Å². The number of fused-ring (bicyclic) bond motifs is 1. The van der Waals surface area contributed by atoms with E-state index in [1.807, 2.05) is 6.92 Å². The highest BCUT2D eigenvalue weighted by Crippen LogP contribution is 2.32. The average Bonchev–Trinajstić information content (AvgIpc) is 2.86. The van der Waals surface area contributed by atoms with E-state index < -0.39 is 17.7 Å². The van der Waals surface area contributed by atoms with E-state index in [1.54, 1.807) is 18.2 Å². The van der Waals surface area contributed by atoms with Gasteiger partial charge in [0.25, 0.3) is 0 Å². The number of halogens is 4. The van der Waals surface area contributed by atoms with Gasteiger partial charge in [-0.25, -0.2) is 0 Å². The van der Waals surface area contributed by atoms with E-state index in [4.69, 9.17) is 16.7 Å². The third-order valence-corrected chi connectivity index (χ3v) is 4.33. The van der Waals surface area contributed by atoms with Gasteiger partial charge in [-0.1, -0.05) is 23.7 Å². The van der Waals surface area contributed by atoms with Crippen LogP contribution in [0.3, 0.4) is 0 Å². The first-order valence-corrected chi connectivity index (χ1v) is 8.06. The molecular formula is C18H14ClF3N2O2. The second-order valence-corrected chi connectivity index (χ2v) is 6.41. The molecule has 3 rings (SSSR count). The van der Waals surface area contributed by atoms with Crippen LogP contribution >= 0.6 is 11.6 Å². The van der Waals surface area contributed by atoms with Gasteiger partial charge in [0, 0.05) is 10.4 Å². The number of carboxylic acids is 1. The second-order valence-electron chi connectivity index (χ2n) is 5.98. The Bertz CT molecular complexity index is 996. The van der Waals surface area contributed by atoms with Gasteiger partial charge in [-0.2, -0.15) is 18.3 Å². The van der Waals surface area contributed by atoms with Crippen LogP contribution < -0.4 is 0 Å². The van der Waals surface area contributed by atoms with Crippen LogP contribution in [0.25, 0.3) is 10.9 Å². The van der Waals surface area contributed by atoms with Crippen LogP contribution in [0.15, 0.2) is 36.4 Å². The number of carboxylic acid groups (broad SMARTS) is 1. The van der Waals surface area contributed by atoms with Crippen molar-refractivity contribution in [1.29, 1.82) is 0 Å². The number of aliphatic carboxylic acids is 1. The molecule has 0 unspecified atom stereocenters. The number of aryl methyl sites for hydroxylation is 1. The molecule has 1 N–H and O–H groups in total. The summed E-state index contributed by atoms with van der Waals surface area (Å²) in [5.74, 6) is -1.10. The van der Waals surface area contributed by atoms with E-state index >= 15 is 0 Å². The van der Waals surface area contributed by atoms with Crippen LogP contribution in [-0.2, 0) is 23.9 Å². The van der Waals surface area contributed by atoms with Crippen molar-refractivity contribution in [3.63, 3.8) is 0 Å². The molecule has 4 nitrogen and oxygen atoms in total. The minimum atomic E-state index is -4.49. The summed E-state index contributed by atoms with van der Waals surface area (Å²) in [7, 11) is 0. The van der Waals surface area contributed by atoms with Gasteiger partial charge in [0.1, 0.15) is 0 Å². The number of carbonyl (C=O) groups is 1. The molecule has 8 heteroatoms. The predicted molar refractivity (Wildman–Crippen MR) is 91.4 cm³/mol. The van der Waals surface area contributed by atoms with Gasteiger partial charge in [-0.15, -0.1) is 0 Å². The van der Waals surface area contributed by atoms with Crippen molar-refractivity contribution in [3.05, 3.63) is 63.8 Å². The molecular weight excluding hydrogens is 369 g/mol. The Labute approximate surface area is 151 Å². The first kappa shape index (κ1) is 18.3. The summed E-state index contributed by atoms with van der Waals surface area (Å²) < 4.78 is 40.6. The molecule has 0 spiro atoms. The minimum Gasteiger partial charge on any atom is -0.481 e. The van der Waals surface area contributed by atoms with Gasteiger partial charge in [-0.3, -0.25) is 9.48 Å². The zero-order valence-electron chi connectivity index (χ0n) is 13.6. The highest BCUT2D eigenvalue weighted by atomic mass is 35.5. The van der Waals surface area contributed by atoms with Crippen LogP contribution in [0.2, 0.25) is 5.02 Å². The number of benzene rings is 2. The summed E-state index contributed by atoms with van der Waals surface area (Å²) in [6.07, 6.45) is -4.86. The van der Waals surface area contributed by atoms with Crippen molar-refractivity contribution in [2.75, 3.05) is 0 Å². The number of aromatic nitrogens is 2. The van der Waals surface area contributed by atoms with E-state index in [9.17, 15) is 18.0 Å². The summed E-state index contributed by atoms with van der Waals surface area (Å²) >= 11 is 5.93. The molecule has 3 aromatic rings. The number of nitrogens with zero attached hydrogens (tertiary/aromatic N) is 2. The summed E-state index contributed by atoms with van der Waals surface area (Å²) in [6, 6.07) is 8.42. The van der Waals surface area contributed by atoms with Crippen LogP contribution in [0.1, 0.15) is 22.4 Å². The zero-order valence-corrected chi connectivity index (χ0v) is 14.4. The lowest BCUT2D eigenvalue weighted by atomic mass is 10.1. The molecule has 0 amide bonds. The van der Waals surface area contributed by atoms with E-state index in [1.165, 1.54) is 10.7 Å². The normalized spacial score (nSPS) is 11.9. The molecule has 0 saturated carbocycles. The lowest BCUT2D eigenvalue weighted by molar-refractivity contribution is -0.138. The molecule has 0 fully saturated rings. The maximum atomic E-state index is 13.1. The van der Waals surface area contributed by atoms with Gasteiger partial charge >= 0.3 is 12.1 Å². The van der Waals surface area contributed by atoms with Crippen LogP contribution in [0, 0.1) is 6.92 Å². The molecule has 26 heavy (non-hydrogen) atoms. The van der Waals surface area contributed by atoms with Crippen molar-refractivity contribution in [2.24, 2.45) is 0 Å². The molecule has 0 saturated heterocycles. The summed E-state index contributed by atoms with van der Waals surface area (Å²) in [5, 5.41) is 14.2. The Morgan fingerprint density at radius 2 is 1.96 bits per heavy atom. The predicted octanol–water partition coefficient (Wildman–Crippen LogP) is 4.69. The van der Waals surface area contributed by atoms with Gasteiger partial charge in [0.05, 0.1) is 29.7 Å². The van der Waals surface area contributed by atoms with Crippen LogP contribution in [0.5, 0.6) is 0 Å². The molecule has 2 aromatic carbocycles. The number of rotatable bonds is 4. The number of alkyl halides is 3. The zero-order chi connectivity index (χ0) is 19.1. The molecule has 0 atom stereocenters. The maximum absolute atomic E-state index is 13.1.